The first-order valence-corrected chi connectivity index (χ1v) is 10.1. The molecule has 1 aromatic carbocycles. The van der Waals surface area contributed by atoms with Crippen LogP contribution in [0, 0.1) is 13.8 Å². The van der Waals surface area contributed by atoms with Gasteiger partial charge < -0.3 is 0 Å². The Morgan fingerprint density at radius 2 is 1.57 bits per heavy atom. The molecule has 0 aliphatic heterocycles. The summed E-state index contributed by atoms with van der Waals surface area (Å²) in [6.07, 6.45) is 7.93. The fourth-order valence-electron chi connectivity index (χ4n) is 2.91. The fourth-order valence-corrected chi connectivity index (χ4v) is 6.72. The summed E-state index contributed by atoms with van der Waals surface area (Å²) in [5.41, 5.74) is 4.01. The summed E-state index contributed by atoms with van der Waals surface area (Å²) in [4.78, 5) is 0. The van der Waals surface area contributed by atoms with Gasteiger partial charge in [-0.3, -0.25) is 0 Å². The summed E-state index contributed by atoms with van der Waals surface area (Å²) >= 11 is -1.82. The smallest absolute Gasteiger partial charge is 0.147 e. The zero-order chi connectivity index (χ0) is 15.4. The molecule has 128 valence electrons. The Kier molecular flexibility index (Phi) is 10.4. The molecule has 1 aromatic rings. The molecule has 0 saturated heterocycles. The van der Waals surface area contributed by atoms with Gasteiger partial charge in [-0.1, -0.05) is 0 Å². The minimum atomic E-state index is -1.82. The molecular weight excluding hydrogens is 363 g/mol. The first-order chi connectivity index (χ1) is 10.0. The van der Waals surface area contributed by atoms with E-state index >= 15 is 0 Å². The van der Waals surface area contributed by atoms with Crippen molar-refractivity contribution in [2.24, 2.45) is 0 Å². The Labute approximate surface area is 159 Å². The van der Waals surface area contributed by atoms with Crippen molar-refractivity contribution in [3.8, 4) is 5.75 Å². The van der Waals surface area contributed by atoms with E-state index in [4.69, 9.17) is 3.32 Å². The molecule has 0 amide bonds. The first-order valence-electron chi connectivity index (χ1n) is 7.90. The van der Waals surface area contributed by atoms with Crippen LogP contribution < -0.4 is 3.32 Å². The van der Waals surface area contributed by atoms with Gasteiger partial charge in [0, 0.05) is 0 Å². The SMILES string of the molecule is CC[C](CC)=[Ti]([O]c1cc(C)cc(C)c1)[C]1=C(C)C=CC1.Cl.Cl. The molecule has 1 aliphatic rings. The molecule has 0 atom stereocenters. The standard InChI is InChI=1S/C8H10O.C6H7.C5H10.2ClH.Ti/c1-6-3-7(2)5-8(9)4-6;1-6-4-2-3-5-6;1-3-5-4-2;;;/h3-5,9H,1-2H3;2,4H,3H2,1H3;3-4H2,1-2H3;2*1H;/q;;;;;+1/p-1. The Morgan fingerprint density at radius 3 is 2.00 bits per heavy atom. The zero-order valence-electron chi connectivity index (χ0n) is 14.7. The maximum absolute atomic E-state index is 6.61. The van der Waals surface area contributed by atoms with Gasteiger partial charge in [0.05, 0.1) is 0 Å². The second-order valence-corrected chi connectivity index (χ2v) is 9.23. The summed E-state index contributed by atoms with van der Waals surface area (Å²) in [5.74, 6) is 1.06. The second-order valence-electron chi connectivity index (χ2n) is 5.83. The topological polar surface area (TPSA) is 9.23 Å². The molecule has 2 rings (SSSR count). The first kappa shape index (κ1) is 22.7. The third-order valence-corrected chi connectivity index (χ3v) is 8.61. The van der Waals surface area contributed by atoms with Crippen molar-refractivity contribution in [1.29, 1.82) is 0 Å². The van der Waals surface area contributed by atoms with Crippen molar-refractivity contribution in [2.45, 2.75) is 53.9 Å². The summed E-state index contributed by atoms with van der Waals surface area (Å²) in [7, 11) is 0. The Hall–Kier alpha value is -0.336. The van der Waals surface area contributed by atoms with Crippen molar-refractivity contribution in [3.05, 3.63) is 50.9 Å². The Balaban J connectivity index is 0.00000242. The van der Waals surface area contributed by atoms with Crippen LogP contribution in [0.15, 0.2) is 39.8 Å². The molecule has 0 N–H and O–H groups in total. The van der Waals surface area contributed by atoms with E-state index in [1.54, 1.807) is 7.69 Å². The van der Waals surface area contributed by atoms with Crippen LogP contribution in [0.5, 0.6) is 5.75 Å². The molecule has 0 bridgehead atoms. The molecule has 1 nitrogen and oxygen atoms in total. The molecule has 23 heavy (non-hydrogen) atoms. The van der Waals surface area contributed by atoms with Crippen LogP contribution in [-0.2, 0) is 17.8 Å². The van der Waals surface area contributed by atoms with Gasteiger partial charge >= 0.3 is 135 Å². The molecule has 0 spiro atoms. The second kappa shape index (κ2) is 10.5. The predicted molar refractivity (Wildman–Crippen MR) is 103 cm³/mol. The van der Waals surface area contributed by atoms with Crippen LogP contribution >= 0.6 is 24.8 Å². The van der Waals surface area contributed by atoms with E-state index in [0.29, 0.717) is 0 Å². The van der Waals surface area contributed by atoms with E-state index in [9.17, 15) is 0 Å². The number of hydrogen-bond donors (Lipinski definition) is 0. The quantitative estimate of drug-likeness (QED) is 0.537. The van der Waals surface area contributed by atoms with Crippen molar-refractivity contribution in [1.82, 2.24) is 0 Å². The number of benzene rings is 1. The van der Waals surface area contributed by atoms with Gasteiger partial charge in [-0.15, -0.1) is 24.8 Å². The van der Waals surface area contributed by atoms with Gasteiger partial charge in [0.2, 0.25) is 0 Å². The summed E-state index contributed by atoms with van der Waals surface area (Å²) in [5, 5.41) is 0. The molecule has 0 unspecified atom stereocenters. The molecular formula is C19H28Cl2OTi. The van der Waals surface area contributed by atoms with E-state index in [0.717, 1.165) is 25.0 Å². The van der Waals surface area contributed by atoms with E-state index in [1.807, 2.05) is 0 Å². The van der Waals surface area contributed by atoms with Gasteiger partial charge in [-0.25, -0.2) is 0 Å². The van der Waals surface area contributed by atoms with Crippen LogP contribution in [0.2, 0.25) is 0 Å². The number of hydrogen-bond acceptors (Lipinski definition) is 1. The maximum atomic E-state index is 6.61. The summed E-state index contributed by atoms with van der Waals surface area (Å²) in [6.45, 7) is 11.1. The van der Waals surface area contributed by atoms with Gasteiger partial charge in [0.1, 0.15) is 0 Å². The van der Waals surface area contributed by atoms with E-state index < -0.39 is 17.8 Å². The van der Waals surface area contributed by atoms with Crippen molar-refractivity contribution >= 4 is 28.6 Å². The largest absolute Gasteiger partial charge is 0.147 e. The molecule has 1 aliphatic carbocycles. The molecule has 0 heterocycles. The van der Waals surface area contributed by atoms with Crippen LogP contribution in [-0.4, -0.2) is 3.81 Å². The number of aryl methyl sites for hydroxylation is 2. The molecule has 0 radical (unpaired) electrons. The predicted octanol–water partition coefficient (Wildman–Crippen LogP) is 6.29. The Morgan fingerprint density at radius 1 is 1.00 bits per heavy atom. The van der Waals surface area contributed by atoms with Gasteiger partial charge in [0.25, 0.3) is 0 Å². The number of rotatable bonds is 5. The van der Waals surface area contributed by atoms with E-state index in [-0.39, 0.29) is 24.8 Å². The van der Waals surface area contributed by atoms with Crippen LogP contribution in [0.4, 0.5) is 0 Å². The molecule has 0 saturated carbocycles. The minimum Gasteiger partial charge on any atom is -0.147 e. The number of allylic oxidation sites excluding steroid dienone is 4. The van der Waals surface area contributed by atoms with Gasteiger partial charge in [-0.05, 0) is 0 Å². The Bertz CT molecular complexity index is 604. The van der Waals surface area contributed by atoms with Crippen molar-refractivity contribution in [2.75, 3.05) is 0 Å². The fraction of sp³-hybridized carbons (Fsp3) is 0.421. The molecule has 0 aromatic heterocycles. The third-order valence-electron chi connectivity index (χ3n) is 4.03. The third kappa shape index (κ3) is 5.91. The van der Waals surface area contributed by atoms with Gasteiger partial charge in [-0.2, -0.15) is 0 Å². The van der Waals surface area contributed by atoms with Crippen molar-refractivity contribution < 1.29 is 21.1 Å². The molecule has 0 fully saturated rings. The summed E-state index contributed by atoms with van der Waals surface area (Å²) in [6, 6.07) is 6.57. The normalized spacial score (nSPS) is 12.6. The van der Waals surface area contributed by atoms with E-state index in [1.165, 1.54) is 16.7 Å². The van der Waals surface area contributed by atoms with Gasteiger partial charge in [0.15, 0.2) is 0 Å². The van der Waals surface area contributed by atoms with Crippen molar-refractivity contribution in [3.63, 3.8) is 0 Å². The zero-order valence-corrected chi connectivity index (χ0v) is 17.9. The van der Waals surface area contributed by atoms with Crippen LogP contribution in [0.25, 0.3) is 0 Å². The molecule has 4 heteroatoms. The maximum Gasteiger partial charge on any atom is -0.147 e. The van der Waals surface area contributed by atoms with E-state index in [2.05, 4.69) is 65.0 Å². The monoisotopic (exact) mass is 390 g/mol. The average molecular weight is 391 g/mol. The average Bonchev–Trinajstić information content (AvgIpc) is 2.84. The number of halogens is 2. The summed E-state index contributed by atoms with van der Waals surface area (Å²) < 4.78 is 9.84. The van der Waals surface area contributed by atoms with Crippen LogP contribution in [0.3, 0.4) is 0 Å². The minimum absolute atomic E-state index is 0. The van der Waals surface area contributed by atoms with Crippen LogP contribution in [0.1, 0.15) is 51.2 Å².